The Morgan fingerprint density at radius 3 is 2.62 bits per heavy atom. The number of halogens is 2. The van der Waals surface area contributed by atoms with Gasteiger partial charge in [-0.2, -0.15) is 0 Å². The van der Waals surface area contributed by atoms with Gasteiger partial charge in [0.1, 0.15) is 5.75 Å². The van der Waals surface area contributed by atoms with E-state index in [2.05, 4.69) is 43.8 Å². The predicted molar refractivity (Wildman–Crippen MR) is 113 cm³/mol. The van der Waals surface area contributed by atoms with Crippen molar-refractivity contribution in [2.24, 2.45) is 0 Å². The fraction of sp³-hybridized carbons (Fsp3) is 0.158. The van der Waals surface area contributed by atoms with Crippen molar-refractivity contribution < 1.29 is 4.74 Å². The first kappa shape index (κ1) is 17.7. The molecule has 7 heteroatoms. The molecule has 4 aromatic rings. The fourth-order valence-electron chi connectivity index (χ4n) is 2.96. The van der Waals surface area contributed by atoms with E-state index in [9.17, 15) is 4.79 Å². The van der Waals surface area contributed by atoms with Crippen LogP contribution in [0, 0.1) is 13.8 Å². The van der Waals surface area contributed by atoms with Crippen LogP contribution < -0.4 is 14.8 Å². The molecule has 0 aliphatic rings. The minimum absolute atomic E-state index is 0.0612. The van der Waals surface area contributed by atoms with Crippen molar-refractivity contribution in [3.63, 3.8) is 0 Å². The molecule has 0 fully saturated rings. The first-order chi connectivity index (χ1) is 12.4. The van der Waals surface area contributed by atoms with Crippen LogP contribution in [0.3, 0.4) is 0 Å². The maximum Gasteiger partial charge on any atom is 0.274 e. The minimum Gasteiger partial charge on any atom is -0.495 e. The molecule has 0 atom stereocenters. The number of benzene rings is 2. The standard InChI is InChI=1S/C19H14Br2N2O2S/c1-9-4-14-15(5-10(9)2)23-18(24)16(26-19(23)22-14)7-11-6-12(20)8-13(21)17(11)25-3/h4-8H,1-3H3. The number of nitrogens with zero attached hydrogens (tertiary/aromatic N) is 2. The second kappa shape index (κ2) is 6.48. The van der Waals surface area contributed by atoms with Gasteiger partial charge in [-0.15, -0.1) is 0 Å². The van der Waals surface area contributed by atoms with Gasteiger partial charge in [0.15, 0.2) is 4.96 Å². The Bertz CT molecular complexity index is 1290. The van der Waals surface area contributed by atoms with E-state index in [1.54, 1.807) is 11.5 Å². The van der Waals surface area contributed by atoms with E-state index in [0.717, 1.165) is 31.1 Å². The first-order valence-corrected chi connectivity index (χ1v) is 10.3. The van der Waals surface area contributed by atoms with Crippen LogP contribution in [-0.2, 0) is 0 Å². The largest absolute Gasteiger partial charge is 0.495 e. The van der Waals surface area contributed by atoms with Crippen LogP contribution in [0.1, 0.15) is 16.7 Å². The molecule has 0 radical (unpaired) electrons. The summed E-state index contributed by atoms with van der Waals surface area (Å²) >= 11 is 8.37. The van der Waals surface area contributed by atoms with Crippen LogP contribution in [-0.4, -0.2) is 16.5 Å². The molecule has 0 aliphatic heterocycles. The number of hydrogen-bond acceptors (Lipinski definition) is 4. The summed E-state index contributed by atoms with van der Waals surface area (Å²) in [6.07, 6.45) is 1.85. The summed E-state index contributed by atoms with van der Waals surface area (Å²) in [7, 11) is 1.61. The summed E-state index contributed by atoms with van der Waals surface area (Å²) < 4.78 is 9.52. The highest BCUT2D eigenvalue weighted by Gasteiger charge is 2.14. The molecular formula is C19H14Br2N2O2S. The van der Waals surface area contributed by atoms with Crippen molar-refractivity contribution in [2.75, 3.05) is 7.11 Å². The average molecular weight is 494 g/mol. The minimum atomic E-state index is -0.0612. The lowest BCUT2D eigenvalue weighted by atomic mass is 10.1. The van der Waals surface area contributed by atoms with Crippen LogP contribution in [0.2, 0.25) is 0 Å². The van der Waals surface area contributed by atoms with Gasteiger partial charge in [0.2, 0.25) is 0 Å². The number of rotatable bonds is 2. The van der Waals surface area contributed by atoms with Crippen molar-refractivity contribution in [3.8, 4) is 5.75 Å². The lowest BCUT2D eigenvalue weighted by molar-refractivity contribution is 0.411. The van der Waals surface area contributed by atoms with E-state index in [1.165, 1.54) is 16.9 Å². The zero-order valence-corrected chi connectivity index (χ0v) is 18.3. The number of hydrogen-bond donors (Lipinski definition) is 0. The highest BCUT2D eigenvalue weighted by molar-refractivity contribution is 9.11. The number of aromatic nitrogens is 2. The molecule has 0 amide bonds. The number of thiazole rings is 1. The van der Waals surface area contributed by atoms with Gasteiger partial charge >= 0.3 is 0 Å². The van der Waals surface area contributed by atoms with Crippen LogP contribution in [0.15, 0.2) is 38.0 Å². The number of methoxy groups -OCH3 is 1. The second-order valence-electron chi connectivity index (χ2n) is 6.08. The second-order valence-corrected chi connectivity index (χ2v) is 8.86. The third kappa shape index (κ3) is 2.78. The molecule has 0 aliphatic carbocycles. The van der Waals surface area contributed by atoms with Gasteiger partial charge in [-0.25, -0.2) is 9.38 Å². The van der Waals surface area contributed by atoms with E-state index in [-0.39, 0.29) is 5.56 Å². The summed E-state index contributed by atoms with van der Waals surface area (Å²) in [5, 5.41) is 0. The number of ether oxygens (including phenoxy) is 1. The molecule has 4 nitrogen and oxygen atoms in total. The van der Waals surface area contributed by atoms with Gasteiger partial charge in [0.05, 0.1) is 27.1 Å². The average Bonchev–Trinajstić information content (AvgIpc) is 3.05. The third-order valence-electron chi connectivity index (χ3n) is 4.38. The van der Waals surface area contributed by atoms with Gasteiger partial charge in [0.25, 0.3) is 5.56 Å². The van der Waals surface area contributed by atoms with E-state index in [4.69, 9.17) is 4.74 Å². The van der Waals surface area contributed by atoms with Crippen LogP contribution in [0.25, 0.3) is 22.1 Å². The van der Waals surface area contributed by atoms with Gasteiger partial charge < -0.3 is 4.74 Å². The topological polar surface area (TPSA) is 43.6 Å². The zero-order valence-electron chi connectivity index (χ0n) is 14.3. The SMILES string of the molecule is COc1c(Br)cc(Br)cc1C=c1sc2nc3cc(C)c(C)cc3n2c1=O. The number of aryl methyl sites for hydroxylation is 2. The van der Waals surface area contributed by atoms with Crippen molar-refractivity contribution in [1.29, 1.82) is 0 Å². The van der Waals surface area contributed by atoms with Gasteiger partial charge in [-0.1, -0.05) is 27.3 Å². The quantitative estimate of drug-likeness (QED) is 0.409. The van der Waals surface area contributed by atoms with Crippen LogP contribution in [0.4, 0.5) is 0 Å². The summed E-state index contributed by atoms with van der Waals surface area (Å²) in [6, 6.07) is 7.89. The highest BCUT2D eigenvalue weighted by atomic mass is 79.9. The molecule has 0 unspecified atom stereocenters. The molecule has 132 valence electrons. The molecule has 0 spiro atoms. The number of imidazole rings is 1. The Labute approximate surface area is 170 Å². The highest BCUT2D eigenvalue weighted by Crippen LogP contribution is 2.33. The van der Waals surface area contributed by atoms with Crippen LogP contribution >= 0.6 is 43.2 Å². The molecule has 26 heavy (non-hydrogen) atoms. The Hall–Kier alpha value is -1.70. The smallest absolute Gasteiger partial charge is 0.274 e. The van der Waals surface area contributed by atoms with E-state index >= 15 is 0 Å². The first-order valence-electron chi connectivity index (χ1n) is 7.86. The molecular weight excluding hydrogens is 480 g/mol. The van der Waals surface area contributed by atoms with Crippen molar-refractivity contribution in [3.05, 3.63) is 64.8 Å². The van der Waals surface area contributed by atoms with Crippen molar-refractivity contribution >= 4 is 65.3 Å². The van der Waals surface area contributed by atoms with E-state index < -0.39 is 0 Å². The summed E-state index contributed by atoms with van der Waals surface area (Å²) in [5.41, 5.74) is 4.79. The third-order valence-corrected chi connectivity index (χ3v) is 6.40. The molecule has 2 heterocycles. The van der Waals surface area contributed by atoms with Crippen LogP contribution in [0.5, 0.6) is 5.75 Å². The summed E-state index contributed by atoms with van der Waals surface area (Å²) in [5.74, 6) is 0.690. The Kier molecular flexibility index (Phi) is 4.41. The molecule has 2 aromatic heterocycles. The maximum absolute atomic E-state index is 13.0. The molecule has 0 saturated heterocycles. The Balaban J connectivity index is 2.02. The predicted octanol–water partition coefficient (Wildman–Crippen LogP) is 4.61. The van der Waals surface area contributed by atoms with Crippen molar-refractivity contribution in [2.45, 2.75) is 13.8 Å². The van der Waals surface area contributed by atoms with Gasteiger partial charge in [-0.05, 0) is 71.2 Å². The number of fused-ring (bicyclic) bond motifs is 3. The Morgan fingerprint density at radius 1 is 1.15 bits per heavy atom. The van der Waals surface area contributed by atoms with Gasteiger partial charge in [-0.3, -0.25) is 4.79 Å². The normalized spacial score (nSPS) is 12.4. The van der Waals surface area contributed by atoms with E-state index in [0.29, 0.717) is 15.2 Å². The molecule has 2 aromatic carbocycles. The monoisotopic (exact) mass is 492 g/mol. The molecule has 4 rings (SSSR count). The molecule has 0 N–H and O–H groups in total. The van der Waals surface area contributed by atoms with E-state index in [1.807, 2.05) is 37.3 Å². The summed E-state index contributed by atoms with van der Waals surface area (Å²) in [6.45, 7) is 4.10. The molecule has 0 saturated carbocycles. The lowest BCUT2D eigenvalue weighted by Gasteiger charge is -2.07. The fourth-order valence-corrected chi connectivity index (χ4v) is 5.36. The summed E-state index contributed by atoms with van der Waals surface area (Å²) in [4.78, 5) is 18.3. The Morgan fingerprint density at radius 2 is 1.88 bits per heavy atom. The van der Waals surface area contributed by atoms with Gasteiger partial charge in [0, 0.05) is 10.0 Å². The van der Waals surface area contributed by atoms with Crippen molar-refractivity contribution in [1.82, 2.24) is 9.38 Å². The zero-order chi connectivity index (χ0) is 18.6. The maximum atomic E-state index is 13.0. The molecule has 0 bridgehead atoms. The lowest BCUT2D eigenvalue weighted by Crippen LogP contribution is -2.22.